The number of piperazine rings is 1. The van der Waals surface area contributed by atoms with E-state index in [2.05, 4.69) is 63.7 Å². The van der Waals surface area contributed by atoms with E-state index in [0.29, 0.717) is 26.1 Å². The summed E-state index contributed by atoms with van der Waals surface area (Å²) in [6, 6.07) is 28.6. The molecule has 1 aliphatic rings. The highest BCUT2D eigenvalue weighted by atomic mass is 16.2. The predicted octanol–water partition coefficient (Wildman–Crippen LogP) is 5.10. The van der Waals surface area contributed by atoms with Crippen molar-refractivity contribution in [2.45, 2.75) is 38.6 Å². The normalized spacial score (nSPS) is 16.7. The van der Waals surface area contributed by atoms with Crippen molar-refractivity contribution in [3.05, 3.63) is 102 Å². The predicted molar refractivity (Wildman–Crippen MR) is 150 cm³/mol. The summed E-state index contributed by atoms with van der Waals surface area (Å²) in [5.74, 6) is 1.78. The first-order chi connectivity index (χ1) is 18.6. The highest BCUT2D eigenvalue weighted by molar-refractivity contribution is 5.92. The molecule has 38 heavy (non-hydrogen) atoms. The molecule has 0 spiro atoms. The average molecular weight is 505 g/mol. The lowest BCUT2D eigenvalue weighted by Gasteiger charge is -2.41. The Balaban J connectivity index is 1.33. The lowest BCUT2D eigenvalue weighted by molar-refractivity contribution is -0.135. The van der Waals surface area contributed by atoms with E-state index in [1.54, 1.807) is 0 Å². The average Bonchev–Trinajstić information content (AvgIpc) is 3.38. The van der Waals surface area contributed by atoms with Crippen LogP contribution in [-0.4, -0.2) is 56.1 Å². The van der Waals surface area contributed by atoms with Crippen LogP contribution in [0.5, 0.6) is 0 Å². The van der Waals surface area contributed by atoms with Gasteiger partial charge in [0.05, 0.1) is 11.4 Å². The fraction of sp³-hybridized carbons (Fsp3) is 0.290. The molecule has 0 saturated carbocycles. The first-order valence-electron chi connectivity index (χ1n) is 13.4. The van der Waals surface area contributed by atoms with Gasteiger partial charge >= 0.3 is 0 Å². The summed E-state index contributed by atoms with van der Waals surface area (Å²) < 4.78 is 2.11. The number of rotatable bonds is 6. The fourth-order valence-electron chi connectivity index (χ4n) is 5.63. The van der Waals surface area contributed by atoms with Crippen LogP contribution in [-0.2, 0) is 11.2 Å². The zero-order chi connectivity index (χ0) is 26.1. The summed E-state index contributed by atoms with van der Waals surface area (Å²) in [6.07, 6.45) is 1.45. The third-order valence-electron chi connectivity index (χ3n) is 7.60. The van der Waals surface area contributed by atoms with E-state index in [0.717, 1.165) is 40.3 Å². The lowest BCUT2D eigenvalue weighted by atomic mass is 9.94. The van der Waals surface area contributed by atoms with Crippen LogP contribution in [0.4, 0.5) is 5.95 Å². The summed E-state index contributed by atoms with van der Waals surface area (Å²) in [4.78, 5) is 23.1. The number of fused-ring (bicyclic) bond motifs is 3. The standard InChI is InChI=1S/C31H32N6O/c1-3-25(24-14-8-5-9-15-24)30(38)36-19-18-35(21-22(36)2)31-32-27-17-11-10-16-26(27)29-34-33-28(37(29)31)20-23-12-6-4-7-13-23/h4-17,22,25H,3,18-21H2,1-2H3/t22-,25-/m0/s1. The van der Waals surface area contributed by atoms with Crippen molar-refractivity contribution in [1.29, 1.82) is 0 Å². The molecule has 2 aromatic heterocycles. The topological polar surface area (TPSA) is 66.6 Å². The van der Waals surface area contributed by atoms with E-state index < -0.39 is 0 Å². The van der Waals surface area contributed by atoms with Gasteiger partial charge in [-0.1, -0.05) is 79.7 Å². The van der Waals surface area contributed by atoms with Gasteiger partial charge in [-0.2, -0.15) is 0 Å². The van der Waals surface area contributed by atoms with E-state index in [1.165, 1.54) is 5.56 Å². The number of nitrogens with zero attached hydrogens (tertiary/aromatic N) is 6. The molecule has 7 heteroatoms. The molecule has 6 rings (SSSR count). The maximum absolute atomic E-state index is 13.7. The molecular formula is C31H32N6O. The quantitative estimate of drug-likeness (QED) is 0.322. The molecule has 3 heterocycles. The molecule has 1 amide bonds. The Morgan fingerprint density at radius 1 is 0.921 bits per heavy atom. The van der Waals surface area contributed by atoms with Crippen molar-refractivity contribution >= 4 is 28.4 Å². The summed E-state index contributed by atoms with van der Waals surface area (Å²) in [6.45, 7) is 6.27. The Kier molecular flexibility index (Phi) is 6.50. The number of amides is 1. The summed E-state index contributed by atoms with van der Waals surface area (Å²) in [5, 5.41) is 10.2. The molecule has 5 aromatic rings. The molecule has 1 aliphatic heterocycles. The van der Waals surface area contributed by atoms with Gasteiger partial charge in [0, 0.05) is 37.5 Å². The van der Waals surface area contributed by atoms with Crippen molar-refractivity contribution < 1.29 is 4.79 Å². The largest absolute Gasteiger partial charge is 0.338 e. The Morgan fingerprint density at radius 2 is 1.63 bits per heavy atom. The van der Waals surface area contributed by atoms with Gasteiger partial charge in [-0.05, 0) is 36.6 Å². The van der Waals surface area contributed by atoms with Gasteiger partial charge in [0.15, 0.2) is 5.65 Å². The first kappa shape index (κ1) is 24.1. The Bertz CT molecular complexity index is 1570. The minimum absolute atomic E-state index is 0.0476. The number of hydrogen-bond acceptors (Lipinski definition) is 5. The van der Waals surface area contributed by atoms with Crippen LogP contribution in [0.25, 0.3) is 16.6 Å². The molecule has 1 saturated heterocycles. The minimum atomic E-state index is -0.119. The molecule has 0 bridgehead atoms. The monoisotopic (exact) mass is 504 g/mol. The van der Waals surface area contributed by atoms with Crippen LogP contribution in [0, 0.1) is 0 Å². The fourth-order valence-corrected chi connectivity index (χ4v) is 5.63. The number of carbonyl (C=O) groups is 1. The highest BCUT2D eigenvalue weighted by Gasteiger charge is 2.33. The molecule has 0 unspecified atom stereocenters. The Labute approximate surface area is 222 Å². The molecule has 192 valence electrons. The minimum Gasteiger partial charge on any atom is -0.338 e. The molecule has 1 fully saturated rings. The van der Waals surface area contributed by atoms with Crippen LogP contribution in [0.1, 0.15) is 43.1 Å². The molecule has 0 aliphatic carbocycles. The summed E-state index contributed by atoms with van der Waals surface area (Å²) in [5.41, 5.74) is 3.98. The third kappa shape index (κ3) is 4.38. The van der Waals surface area contributed by atoms with E-state index in [9.17, 15) is 4.79 Å². The highest BCUT2D eigenvalue weighted by Crippen LogP contribution is 2.29. The van der Waals surface area contributed by atoms with Crippen LogP contribution in [0.2, 0.25) is 0 Å². The van der Waals surface area contributed by atoms with Gasteiger partial charge in [-0.3, -0.25) is 4.79 Å². The molecule has 3 aromatic carbocycles. The van der Waals surface area contributed by atoms with Gasteiger partial charge in [0.1, 0.15) is 5.82 Å². The number of aromatic nitrogens is 4. The van der Waals surface area contributed by atoms with Crippen molar-refractivity contribution in [3.8, 4) is 0 Å². The maximum atomic E-state index is 13.7. The zero-order valence-electron chi connectivity index (χ0n) is 21.9. The molecular weight excluding hydrogens is 472 g/mol. The number of anilines is 1. The van der Waals surface area contributed by atoms with Crippen molar-refractivity contribution in [2.75, 3.05) is 24.5 Å². The van der Waals surface area contributed by atoms with Gasteiger partial charge in [0.2, 0.25) is 11.9 Å². The number of carbonyl (C=O) groups excluding carboxylic acids is 1. The van der Waals surface area contributed by atoms with Crippen LogP contribution in [0.15, 0.2) is 84.9 Å². The zero-order valence-corrected chi connectivity index (χ0v) is 21.9. The van der Waals surface area contributed by atoms with Crippen LogP contribution < -0.4 is 4.90 Å². The van der Waals surface area contributed by atoms with Crippen molar-refractivity contribution in [1.82, 2.24) is 24.5 Å². The summed E-state index contributed by atoms with van der Waals surface area (Å²) >= 11 is 0. The maximum Gasteiger partial charge on any atom is 0.230 e. The lowest BCUT2D eigenvalue weighted by Crippen LogP contribution is -2.55. The van der Waals surface area contributed by atoms with Gasteiger partial charge in [-0.15, -0.1) is 10.2 Å². The van der Waals surface area contributed by atoms with Gasteiger partial charge in [-0.25, -0.2) is 9.38 Å². The third-order valence-corrected chi connectivity index (χ3v) is 7.60. The van der Waals surface area contributed by atoms with Crippen molar-refractivity contribution in [2.24, 2.45) is 0 Å². The van der Waals surface area contributed by atoms with Gasteiger partial charge in [0.25, 0.3) is 0 Å². The SMILES string of the molecule is CC[C@H](C(=O)N1CCN(c2nc3ccccc3c3nnc(Cc4ccccc4)n23)C[C@@H]1C)c1ccccc1. The van der Waals surface area contributed by atoms with Crippen molar-refractivity contribution in [3.63, 3.8) is 0 Å². The van der Waals surface area contributed by atoms with Crippen LogP contribution >= 0.6 is 0 Å². The second kappa shape index (κ2) is 10.2. The molecule has 0 radical (unpaired) electrons. The molecule has 7 nitrogen and oxygen atoms in total. The van der Waals surface area contributed by atoms with E-state index >= 15 is 0 Å². The van der Waals surface area contributed by atoms with Crippen LogP contribution in [0.3, 0.4) is 0 Å². The van der Waals surface area contributed by atoms with E-state index in [-0.39, 0.29) is 17.9 Å². The molecule has 2 atom stereocenters. The Morgan fingerprint density at radius 3 is 2.37 bits per heavy atom. The Hall–Kier alpha value is -4.26. The second-order valence-corrected chi connectivity index (χ2v) is 10.1. The number of hydrogen-bond donors (Lipinski definition) is 0. The van der Waals surface area contributed by atoms with Gasteiger partial charge < -0.3 is 9.80 Å². The second-order valence-electron chi connectivity index (χ2n) is 10.1. The van der Waals surface area contributed by atoms with E-state index in [4.69, 9.17) is 4.98 Å². The molecule has 0 N–H and O–H groups in total. The van der Waals surface area contributed by atoms with E-state index in [1.807, 2.05) is 59.5 Å². The number of para-hydroxylation sites is 1. The smallest absolute Gasteiger partial charge is 0.230 e. The summed E-state index contributed by atoms with van der Waals surface area (Å²) in [7, 11) is 0. The first-order valence-corrected chi connectivity index (χ1v) is 13.4. The number of benzene rings is 3.